The Bertz CT molecular complexity index is 713. The summed E-state index contributed by atoms with van der Waals surface area (Å²) in [7, 11) is 0. The van der Waals surface area contributed by atoms with Crippen molar-refractivity contribution >= 4 is 34.3 Å². The number of thioether (sulfide) groups is 1. The first-order valence-corrected chi connectivity index (χ1v) is 10.9. The monoisotopic (exact) mass is 390 g/mol. The van der Waals surface area contributed by atoms with Gasteiger partial charge in [-0.3, -0.25) is 5.32 Å². The predicted molar refractivity (Wildman–Crippen MR) is 110 cm³/mol. The summed E-state index contributed by atoms with van der Waals surface area (Å²) >= 11 is 3.01. The maximum absolute atomic E-state index is 12.0. The Kier molecular flexibility index (Phi) is 7.34. The second-order valence-corrected chi connectivity index (χ2v) is 8.39. The largest absolute Gasteiger partial charge is 0.338 e. The first kappa shape index (κ1) is 19.2. The summed E-state index contributed by atoms with van der Waals surface area (Å²) in [6.45, 7) is 6.28. The molecule has 1 aliphatic heterocycles. The molecule has 1 aromatic heterocycles. The molecule has 0 spiro atoms. The Labute approximate surface area is 163 Å². The summed E-state index contributed by atoms with van der Waals surface area (Å²) in [6, 6.07) is 10.3. The Morgan fingerprint density at radius 1 is 1.31 bits per heavy atom. The molecule has 1 fully saturated rings. The molecule has 0 unspecified atom stereocenters. The van der Waals surface area contributed by atoms with E-state index in [2.05, 4.69) is 51.1 Å². The molecule has 140 valence electrons. The Morgan fingerprint density at radius 2 is 2.15 bits per heavy atom. The molecule has 5 nitrogen and oxygen atoms in total. The fourth-order valence-electron chi connectivity index (χ4n) is 3.01. The Balaban J connectivity index is 1.35. The standard InChI is InChI=1S/C19H26N4OS2/c1-15-6-4-7-16(12-15)14-25-18-13-17(26-22-18)21-19(24)20-8-5-11-23-9-2-3-10-23/h4,6-7,12-13H,2-3,5,8-11,14H2,1H3,(H2,20,21,24). The number of nitrogens with one attached hydrogen (secondary N) is 2. The van der Waals surface area contributed by atoms with Crippen molar-refractivity contribution in [1.82, 2.24) is 14.6 Å². The molecule has 7 heteroatoms. The van der Waals surface area contributed by atoms with Crippen molar-refractivity contribution in [3.63, 3.8) is 0 Å². The minimum Gasteiger partial charge on any atom is -0.338 e. The fraction of sp³-hybridized carbons (Fsp3) is 0.474. The van der Waals surface area contributed by atoms with E-state index in [1.165, 1.54) is 48.6 Å². The van der Waals surface area contributed by atoms with Gasteiger partial charge in [0.25, 0.3) is 0 Å². The van der Waals surface area contributed by atoms with E-state index in [-0.39, 0.29) is 6.03 Å². The number of urea groups is 1. The second kappa shape index (κ2) is 9.94. The van der Waals surface area contributed by atoms with Crippen LogP contribution < -0.4 is 10.6 Å². The van der Waals surface area contributed by atoms with Gasteiger partial charge < -0.3 is 10.2 Å². The third-order valence-corrected chi connectivity index (χ3v) is 6.13. The zero-order chi connectivity index (χ0) is 18.2. The molecule has 0 saturated carbocycles. The number of benzene rings is 1. The van der Waals surface area contributed by atoms with Crippen LogP contribution in [0, 0.1) is 6.92 Å². The van der Waals surface area contributed by atoms with Crippen molar-refractivity contribution in [3.05, 3.63) is 41.5 Å². The lowest BCUT2D eigenvalue weighted by Crippen LogP contribution is -2.31. The summed E-state index contributed by atoms with van der Waals surface area (Å²) in [6.07, 6.45) is 3.61. The molecular weight excluding hydrogens is 364 g/mol. The van der Waals surface area contributed by atoms with Crippen LogP contribution in [0.15, 0.2) is 35.4 Å². The van der Waals surface area contributed by atoms with E-state index < -0.39 is 0 Å². The molecular formula is C19H26N4OS2. The van der Waals surface area contributed by atoms with E-state index in [4.69, 9.17) is 0 Å². The van der Waals surface area contributed by atoms with Gasteiger partial charge in [0.15, 0.2) is 0 Å². The smallest absolute Gasteiger partial charge is 0.319 e. The minimum atomic E-state index is -0.148. The van der Waals surface area contributed by atoms with Crippen molar-refractivity contribution in [2.45, 2.75) is 37.0 Å². The van der Waals surface area contributed by atoms with Gasteiger partial charge in [0, 0.05) is 18.4 Å². The number of hydrogen-bond donors (Lipinski definition) is 2. The highest BCUT2D eigenvalue weighted by molar-refractivity contribution is 7.98. The van der Waals surface area contributed by atoms with Crippen molar-refractivity contribution in [3.8, 4) is 0 Å². The van der Waals surface area contributed by atoms with E-state index in [0.717, 1.165) is 28.7 Å². The van der Waals surface area contributed by atoms with Gasteiger partial charge in [-0.25, -0.2) is 4.79 Å². The Hall–Kier alpha value is -1.57. The predicted octanol–water partition coefficient (Wildman–Crippen LogP) is 4.35. The number of aromatic nitrogens is 1. The molecule has 1 saturated heterocycles. The fourth-order valence-corrected chi connectivity index (χ4v) is 4.65. The SMILES string of the molecule is Cc1cccc(CSc2cc(NC(=O)NCCCN3CCCC3)sn2)c1. The van der Waals surface area contributed by atoms with Crippen LogP contribution in [0.3, 0.4) is 0 Å². The first-order chi connectivity index (χ1) is 12.7. The first-order valence-electron chi connectivity index (χ1n) is 9.11. The van der Waals surface area contributed by atoms with Crippen molar-refractivity contribution in [1.29, 1.82) is 0 Å². The van der Waals surface area contributed by atoms with Crippen LogP contribution in [0.5, 0.6) is 0 Å². The lowest BCUT2D eigenvalue weighted by molar-refractivity contribution is 0.251. The van der Waals surface area contributed by atoms with E-state index in [0.29, 0.717) is 6.54 Å². The molecule has 0 radical (unpaired) electrons. The normalized spacial score (nSPS) is 14.5. The topological polar surface area (TPSA) is 57.3 Å². The third-order valence-electron chi connectivity index (χ3n) is 4.33. The molecule has 3 rings (SSSR count). The quantitative estimate of drug-likeness (QED) is 0.520. The maximum atomic E-state index is 12.0. The molecule has 0 bridgehead atoms. The molecule has 2 amide bonds. The van der Waals surface area contributed by atoms with Crippen LogP contribution in [0.1, 0.15) is 30.4 Å². The van der Waals surface area contributed by atoms with E-state index in [9.17, 15) is 4.79 Å². The molecule has 2 heterocycles. The van der Waals surface area contributed by atoms with Crippen LogP contribution in [0.25, 0.3) is 0 Å². The molecule has 0 aliphatic carbocycles. The summed E-state index contributed by atoms with van der Waals surface area (Å²) < 4.78 is 4.41. The average molecular weight is 391 g/mol. The maximum Gasteiger partial charge on any atom is 0.319 e. The van der Waals surface area contributed by atoms with Crippen molar-refractivity contribution < 1.29 is 4.79 Å². The van der Waals surface area contributed by atoms with Crippen LogP contribution in [-0.4, -0.2) is 41.5 Å². The van der Waals surface area contributed by atoms with Gasteiger partial charge in [-0.2, -0.15) is 4.37 Å². The molecule has 0 atom stereocenters. The summed E-state index contributed by atoms with van der Waals surface area (Å²) in [4.78, 5) is 14.4. The summed E-state index contributed by atoms with van der Waals surface area (Å²) in [5.41, 5.74) is 2.55. The number of nitrogens with zero attached hydrogens (tertiary/aromatic N) is 2. The number of amides is 2. The molecule has 1 aromatic carbocycles. The molecule has 2 aromatic rings. The highest BCUT2D eigenvalue weighted by Crippen LogP contribution is 2.27. The highest BCUT2D eigenvalue weighted by Gasteiger charge is 2.11. The van der Waals surface area contributed by atoms with Gasteiger partial charge in [-0.05, 0) is 62.9 Å². The Morgan fingerprint density at radius 3 is 2.96 bits per heavy atom. The number of anilines is 1. The van der Waals surface area contributed by atoms with E-state index in [1.54, 1.807) is 11.8 Å². The van der Waals surface area contributed by atoms with Crippen LogP contribution in [-0.2, 0) is 5.75 Å². The number of carbonyl (C=O) groups is 1. The zero-order valence-electron chi connectivity index (χ0n) is 15.2. The lowest BCUT2D eigenvalue weighted by atomic mass is 10.2. The summed E-state index contributed by atoms with van der Waals surface area (Å²) in [5, 5.41) is 7.53. The number of rotatable bonds is 8. The van der Waals surface area contributed by atoms with Gasteiger partial charge in [0.1, 0.15) is 10.0 Å². The molecule has 1 aliphatic rings. The number of carbonyl (C=O) groups excluding carboxylic acids is 1. The van der Waals surface area contributed by atoms with Crippen LogP contribution >= 0.6 is 23.3 Å². The van der Waals surface area contributed by atoms with Crippen molar-refractivity contribution in [2.24, 2.45) is 0 Å². The van der Waals surface area contributed by atoms with E-state index >= 15 is 0 Å². The molecule has 2 N–H and O–H groups in total. The van der Waals surface area contributed by atoms with Gasteiger partial charge in [-0.1, -0.05) is 29.8 Å². The van der Waals surface area contributed by atoms with Gasteiger partial charge in [-0.15, -0.1) is 11.8 Å². The summed E-state index contributed by atoms with van der Waals surface area (Å²) in [5.74, 6) is 0.882. The zero-order valence-corrected chi connectivity index (χ0v) is 16.8. The van der Waals surface area contributed by atoms with Crippen molar-refractivity contribution in [2.75, 3.05) is 31.5 Å². The number of likely N-dealkylation sites (tertiary alicyclic amines) is 1. The highest BCUT2D eigenvalue weighted by atomic mass is 32.2. The lowest BCUT2D eigenvalue weighted by Gasteiger charge is -2.14. The van der Waals surface area contributed by atoms with Gasteiger partial charge in [0.2, 0.25) is 0 Å². The van der Waals surface area contributed by atoms with Crippen LogP contribution in [0.2, 0.25) is 0 Å². The minimum absolute atomic E-state index is 0.148. The third kappa shape index (κ3) is 6.30. The van der Waals surface area contributed by atoms with Crippen LogP contribution in [0.4, 0.5) is 9.80 Å². The number of hydrogen-bond acceptors (Lipinski definition) is 5. The van der Waals surface area contributed by atoms with Gasteiger partial charge in [0.05, 0.1) is 0 Å². The second-order valence-electron chi connectivity index (χ2n) is 6.59. The average Bonchev–Trinajstić information content (AvgIpc) is 3.29. The van der Waals surface area contributed by atoms with E-state index in [1.807, 2.05) is 6.07 Å². The molecule has 26 heavy (non-hydrogen) atoms. The van der Waals surface area contributed by atoms with Gasteiger partial charge >= 0.3 is 6.03 Å². The number of aryl methyl sites for hydroxylation is 1.